The third-order valence-corrected chi connectivity index (χ3v) is 7.35. The Bertz CT molecular complexity index is 837. The SMILES string of the molecule is Cc1cccc(S(=O)(=O)N2CCN(c3nc(C)c(C)s3)CC2)c1F. The number of piperazine rings is 1. The Kier molecular flexibility index (Phi) is 4.63. The Morgan fingerprint density at radius 3 is 2.38 bits per heavy atom. The monoisotopic (exact) mass is 369 g/mol. The number of hydrogen-bond donors (Lipinski definition) is 0. The molecule has 2 aromatic rings. The molecule has 0 radical (unpaired) electrons. The number of nitrogens with zero attached hydrogens (tertiary/aromatic N) is 3. The lowest BCUT2D eigenvalue weighted by Crippen LogP contribution is -2.48. The van der Waals surface area contributed by atoms with Gasteiger partial charge in [0.25, 0.3) is 0 Å². The van der Waals surface area contributed by atoms with Gasteiger partial charge in [0.05, 0.1) is 5.69 Å². The molecular weight excluding hydrogens is 349 g/mol. The minimum Gasteiger partial charge on any atom is -0.345 e. The van der Waals surface area contributed by atoms with E-state index in [0.717, 1.165) is 10.8 Å². The van der Waals surface area contributed by atoms with E-state index in [4.69, 9.17) is 0 Å². The highest BCUT2D eigenvalue weighted by molar-refractivity contribution is 7.89. The molecule has 5 nitrogen and oxygen atoms in total. The summed E-state index contributed by atoms with van der Waals surface area (Å²) in [4.78, 5) is 7.54. The van der Waals surface area contributed by atoms with Crippen molar-refractivity contribution in [2.24, 2.45) is 0 Å². The van der Waals surface area contributed by atoms with Crippen molar-refractivity contribution in [3.05, 3.63) is 40.2 Å². The second-order valence-electron chi connectivity index (χ2n) is 5.92. The maximum atomic E-state index is 14.2. The fourth-order valence-corrected chi connectivity index (χ4v) is 5.19. The fraction of sp³-hybridized carbons (Fsp3) is 0.438. The molecule has 0 bridgehead atoms. The van der Waals surface area contributed by atoms with Gasteiger partial charge in [-0.05, 0) is 32.4 Å². The fourth-order valence-electron chi connectivity index (χ4n) is 2.67. The summed E-state index contributed by atoms with van der Waals surface area (Å²) < 4.78 is 41.0. The van der Waals surface area contributed by atoms with Gasteiger partial charge in [-0.2, -0.15) is 4.31 Å². The van der Waals surface area contributed by atoms with Crippen LogP contribution >= 0.6 is 11.3 Å². The number of halogens is 1. The lowest BCUT2D eigenvalue weighted by Gasteiger charge is -2.33. The van der Waals surface area contributed by atoms with Crippen LogP contribution in [-0.4, -0.2) is 43.9 Å². The summed E-state index contributed by atoms with van der Waals surface area (Å²) in [5.74, 6) is -0.661. The van der Waals surface area contributed by atoms with Crippen LogP contribution in [0.25, 0.3) is 0 Å². The average Bonchev–Trinajstić information content (AvgIpc) is 2.89. The predicted octanol–water partition coefficient (Wildman–Crippen LogP) is 2.72. The number of aryl methyl sites for hydroxylation is 3. The smallest absolute Gasteiger partial charge is 0.246 e. The number of rotatable bonds is 3. The van der Waals surface area contributed by atoms with Crippen LogP contribution in [0.5, 0.6) is 0 Å². The zero-order chi connectivity index (χ0) is 17.5. The van der Waals surface area contributed by atoms with Crippen LogP contribution < -0.4 is 4.90 Å². The van der Waals surface area contributed by atoms with Crippen LogP contribution in [0.1, 0.15) is 16.1 Å². The van der Waals surface area contributed by atoms with Gasteiger partial charge in [-0.15, -0.1) is 11.3 Å². The van der Waals surface area contributed by atoms with Gasteiger partial charge in [-0.1, -0.05) is 12.1 Å². The second-order valence-corrected chi connectivity index (χ2v) is 9.00. The molecule has 0 N–H and O–H groups in total. The van der Waals surface area contributed by atoms with Crippen LogP contribution in [0, 0.1) is 26.6 Å². The van der Waals surface area contributed by atoms with Crippen LogP contribution in [0.4, 0.5) is 9.52 Å². The van der Waals surface area contributed by atoms with Crippen molar-refractivity contribution in [1.82, 2.24) is 9.29 Å². The van der Waals surface area contributed by atoms with Crippen LogP contribution in [-0.2, 0) is 10.0 Å². The molecule has 130 valence electrons. The lowest BCUT2D eigenvalue weighted by molar-refractivity contribution is 0.382. The van der Waals surface area contributed by atoms with Crippen molar-refractivity contribution in [2.45, 2.75) is 25.7 Å². The van der Waals surface area contributed by atoms with Gasteiger partial charge < -0.3 is 4.90 Å². The van der Waals surface area contributed by atoms with Gasteiger partial charge >= 0.3 is 0 Å². The molecule has 1 aliphatic rings. The van der Waals surface area contributed by atoms with Crippen molar-refractivity contribution in [1.29, 1.82) is 0 Å². The minimum absolute atomic E-state index is 0.239. The lowest BCUT2D eigenvalue weighted by atomic mass is 10.2. The van der Waals surface area contributed by atoms with E-state index >= 15 is 0 Å². The van der Waals surface area contributed by atoms with E-state index < -0.39 is 15.8 Å². The Labute approximate surface area is 145 Å². The van der Waals surface area contributed by atoms with Crippen LogP contribution in [0.3, 0.4) is 0 Å². The first-order chi connectivity index (χ1) is 11.3. The maximum absolute atomic E-state index is 14.2. The Hall–Kier alpha value is -1.51. The maximum Gasteiger partial charge on any atom is 0.246 e. The molecule has 0 atom stereocenters. The minimum atomic E-state index is -3.81. The van der Waals surface area contributed by atoms with E-state index in [1.165, 1.54) is 15.2 Å². The number of aromatic nitrogens is 1. The zero-order valence-electron chi connectivity index (χ0n) is 13.9. The van der Waals surface area contributed by atoms with Crippen molar-refractivity contribution < 1.29 is 12.8 Å². The van der Waals surface area contributed by atoms with Crippen LogP contribution in [0.15, 0.2) is 23.1 Å². The van der Waals surface area contributed by atoms with Gasteiger partial charge in [0.1, 0.15) is 10.7 Å². The first kappa shape index (κ1) is 17.3. The van der Waals surface area contributed by atoms with Gasteiger partial charge in [-0.25, -0.2) is 17.8 Å². The average molecular weight is 369 g/mol. The number of anilines is 1. The molecule has 2 heterocycles. The largest absolute Gasteiger partial charge is 0.345 e. The Morgan fingerprint density at radius 2 is 1.79 bits per heavy atom. The molecular formula is C16H20FN3O2S2. The molecule has 1 saturated heterocycles. The molecule has 24 heavy (non-hydrogen) atoms. The molecule has 0 unspecified atom stereocenters. The van der Waals surface area contributed by atoms with Crippen molar-refractivity contribution in [3.63, 3.8) is 0 Å². The standard InChI is InChI=1S/C16H20FN3O2S2/c1-11-5-4-6-14(15(11)17)24(21,22)20-9-7-19(8-10-20)16-18-12(2)13(3)23-16/h4-6H,7-10H2,1-3H3. The second kappa shape index (κ2) is 6.42. The molecule has 0 amide bonds. The molecule has 1 aliphatic heterocycles. The van der Waals surface area contributed by atoms with Crippen LogP contribution in [0.2, 0.25) is 0 Å². The normalized spacial score (nSPS) is 16.6. The van der Waals surface area contributed by atoms with E-state index in [1.807, 2.05) is 13.8 Å². The van der Waals surface area contributed by atoms with E-state index in [0.29, 0.717) is 31.7 Å². The van der Waals surface area contributed by atoms with E-state index in [9.17, 15) is 12.8 Å². The summed E-state index contributed by atoms with van der Waals surface area (Å²) in [7, 11) is -3.81. The highest BCUT2D eigenvalue weighted by Gasteiger charge is 2.31. The molecule has 0 spiro atoms. The summed E-state index contributed by atoms with van der Waals surface area (Å²) in [5, 5.41) is 0.920. The summed E-state index contributed by atoms with van der Waals surface area (Å²) >= 11 is 1.62. The molecule has 1 aromatic carbocycles. The van der Waals surface area contributed by atoms with Crippen molar-refractivity contribution in [2.75, 3.05) is 31.1 Å². The summed E-state index contributed by atoms with van der Waals surface area (Å²) in [6.07, 6.45) is 0. The zero-order valence-corrected chi connectivity index (χ0v) is 15.5. The Morgan fingerprint density at radius 1 is 1.12 bits per heavy atom. The number of benzene rings is 1. The highest BCUT2D eigenvalue weighted by Crippen LogP contribution is 2.28. The van der Waals surface area contributed by atoms with Gasteiger partial charge in [0.2, 0.25) is 10.0 Å². The van der Waals surface area contributed by atoms with Gasteiger partial charge in [-0.3, -0.25) is 0 Å². The topological polar surface area (TPSA) is 53.5 Å². The number of thiazole rings is 1. The summed E-state index contributed by atoms with van der Waals surface area (Å²) in [5.41, 5.74) is 1.34. The first-order valence-corrected chi connectivity index (χ1v) is 10.0. The molecule has 8 heteroatoms. The highest BCUT2D eigenvalue weighted by atomic mass is 32.2. The van der Waals surface area contributed by atoms with Gasteiger partial charge in [0.15, 0.2) is 5.13 Å². The number of hydrogen-bond acceptors (Lipinski definition) is 5. The van der Waals surface area contributed by atoms with E-state index in [-0.39, 0.29) is 4.90 Å². The molecule has 1 aromatic heterocycles. The van der Waals surface area contributed by atoms with Crippen molar-refractivity contribution in [3.8, 4) is 0 Å². The first-order valence-electron chi connectivity index (χ1n) is 7.75. The third kappa shape index (κ3) is 3.05. The molecule has 3 rings (SSSR count). The third-order valence-electron chi connectivity index (χ3n) is 4.30. The molecule has 1 fully saturated rings. The number of sulfonamides is 1. The molecule has 0 saturated carbocycles. The van der Waals surface area contributed by atoms with Crippen molar-refractivity contribution >= 4 is 26.5 Å². The summed E-state index contributed by atoms with van der Waals surface area (Å²) in [6.45, 7) is 7.33. The quantitative estimate of drug-likeness (QED) is 0.835. The van der Waals surface area contributed by atoms with Gasteiger partial charge in [0, 0.05) is 31.1 Å². The Balaban J connectivity index is 1.77. The molecule has 0 aliphatic carbocycles. The predicted molar refractivity (Wildman–Crippen MR) is 93.7 cm³/mol. The van der Waals surface area contributed by atoms with E-state index in [1.54, 1.807) is 30.4 Å². The van der Waals surface area contributed by atoms with E-state index in [2.05, 4.69) is 9.88 Å². The summed E-state index contributed by atoms with van der Waals surface area (Å²) in [6, 6.07) is 4.47.